The van der Waals surface area contributed by atoms with Gasteiger partial charge in [0.15, 0.2) is 11.0 Å². The summed E-state index contributed by atoms with van der Waals surface area (Å²) in [4.78, 5) is 31.8. The summed E-state index contributed by atoms with van der Waals surface area (Å²) < 4.78 is 0. The number of thioether (sulfide) groups is 1. The molecule has 3 rings (SSSR count). The first kappa shape index (κ1) is 18.2. The first-order valence-electron chi connectivity index (χ1n) is 8.47. The third-order valence-electron chi connectivity index (χ3n) is 4.29. The van der Waals surface area contributed by atoms with Gasteiger partial charge >= 0.3 is 0 Å². The van der Waals surface area contributed by atoms with Crippen molar-refractivity contribution in [1.82, 2.24) is 4.90 Å². The van der Waals surface area contributed by atoms with Crippen LogP contribution in [0.5, 0.6) is 0 Å². The number of allylic oxidation sites excluding steroid dienone is 1. The van der Waals surface area contributed by atoms with E-state index < -0.39 is 6.04 Å². The van der Waals surface area contributed by atoms with Crippen LogP contribution in [0, 0.1) is 5.92 Å². The summed E-state index contributed by atoms with van der Waals surface area (Å²) in [6.07, 6.45) is 1.11. The molecule has 25 heavy (non-hydrogen) atoms. The summed E-state index contributed by atoms with van der Waals surface area (Å²) in [6.45, 7) is 6.05. The van der Waals surface area contributed by atoms with Gasteiger partial charge in [-0.25, -0.2) is 4.99 Å². The standard InChI is InChI=1S/C19H21ClN2O2S/c1-4-14-17(15(23)9-11(2)3)18(12-5-7-13(20)8-6-12)22-16(24)10-25-19(22)21-14/h5-8,11,18H,4,9-10H2,1-3H3. The first-order valence-corrected chi connectivity index (χ1v) is 9.84. The predicted molar refractivity (Wildman–Crippen MR) is 103 cm³/mol. The van der Waals surface area contributed by atoms with E-state index in [2.05, 4.69) is 4.99 Å². The van der Waals surface area contributed by atoms with Crippen molar-refractivity contribution < 1.29 is 9.59 Å². The molecule has 1 fully saturated rings. The number of hydrogen-bond acceptors (Lipinski definition) is 4. The van der Waals surface area contributed by atoms with Crippen LogP contribution in [0.25, 0.3) is 0 Å². The number of rotatable bonds is 5. The van der Waals surface area contributed by atoms with E-state index in [1.807, 2.05) is 32.9 Å². The second-order valence-corrected chi connectivity index (χ2v) is 8.01. The van der Waals surface area contributed by atoms with Gasteiger partial charge in [-0.3, -0.25) is 14.5 Å². The molecule has 2 aliphatic heterocycles. The highest BCUT2D eigenvalue weighted by atomic mass is 35.5. The van der Waals surface area contributed by atoms with Crippen LogP contribution in [-0.4, -0.2) is 27.5 Å². The van der Waals surface area contributed by atoms with Gasteiger partial charge < -0.3 is 0 Å². The summed E-state index contributed by atoms with van der Waals surface area (Å²) in [5.74, 6) is 0.678. The van der Waals surface area contributed by atoms with Gasteiger partial charge in [0, 0.05) is 17.0 Å². The highest BCUT2D eigenvalue weighted by Gasteiger charge is 2.42. The van der Waals surface area contributed by atoms with Gasteiger partial charge in [0.25, 0.3) is 0 Å². The third kappa shape index (κ3) is 3.53. The SMILES string of the molecule is CCC1=C(C(=O)CC(C)C)C(c2ccc(Cl)cc2)N2C(=O)CSC2=N1. The monoisotopic (exact) mass is 376 g/mol. The van der Waals surface area contributed by atoms with Crippen molar-refractivity contribution >= 4 is 40.2 Å². The van der Waals surface area contributed by atoms with Crippen LogP contribution < -0.4 is 0 Å². The Morgan fingerprint density at radius 2 is 2.04 bits per heavy atom. The van der Waals surface area contributed by atoms with Crippen LogP contribution in [0.1, 0.15) is 45.2 Å². The zero-order valence-corrected chi connectivity index (χ0v) is 16.2. The number of halogens is 1. The Bertz CT molecular complexity index is 768. The zero-order chi connectivity index (χ0) is 18.1. The summed E-state index contributed by atoms with van der Waals surface area (Å²) in [7, 11) is 0. The van der Waals surface area contributed by atoms with E-state index in [1.54, 1.807) is 17.0 Å². The predicted octanol–water partition coefficient (Wildman–Crippen LogP) is 4.61. The Kier molecular flexibility index (Phi) is 5.35. The maximum atomic E-state index is 13.0. The van der Waals surface area contributed by atoms with Gasteiger partial charge in [-0.05, 0) is 30.0 Å². The highest BCUT2D eigenvalue weighted by molar-refractivity contribution is 8.15. The molecule has 1 unspecified atom stereocenters. The Labute approximate surface area is 157 Å². The largest absolute Gasteiger partial charge is 0.294 e. The second kappa shape index (κ2) is 7.34. The fourth-order valence-corrected chi connectivity index (χ4v) is 4.24. The van der Waals surface area contributed by atoms with Crippen LogP contribution in [0.4, 0.5) is 0 Å². The summed E-state index contributed by atoms with van der Waals surface area (Å²) in [5, 5.41) is 1.33. The number of nitrogens with zero attached hydrogens (tertiary/aromatic N) is 2. The van der Waals surface area contributed by atoms with Crippen molar-refractivity contribution in [2.24, 2.45) is 10.9 Å². The molecule has 0 saturated carbocycles. The number of aliphatic imine (C=N–C) groups is 1. The lowest BCUT2D eigenvalue weighted by molar-refractivity contribution is -0.125. The second-order valence-electron chi connectivity index (χ2n) is 6.64. The minimum atomic E-state index is -0.409. The maximum absolute atomic E-state index is 13.0. The molecule has 2 aliphatic rings. The summed E-state index contributed by atoms with van der Waals surface area (Å²) in [6, 6.07) is 6.97. The fourth-order valence-electron chi connectivity index (χ4n) is 3.20. The average Bonchev–Trinajstić information content (AvgIpc) is 2.94. The van der Waals surface area contributed by atoms with Crippen LogP contribution in [0.2, 0.25) is 5.02 Å². The van der Waals surface area contributed by atoms with Gasteiger partial charge in [0.2, 0.25) is 5.91 Å². The van der Waals surface area contributed by atoms with Crippen LogP contribution >= 0.6 is 23.4 Å². The molecule has 0 spiro atoms. The van der Waals surface area contributed by atoms with E-state index in [9.17, 15) is 9.59 Å². The van der Waals surface area contributed by atoms with Gasteiger partial charge in [0.05, 0.1) is 17.5 Å². The Hall–Kier alpha value is -1.59. The normalized spacial score (nSPS) is 20.2. The number of carbonyl (C=O) groups is 2. The molecule has 0 aromatic heterocycles. The average molecular weight is 377 g/mol. The molecule has 1 aromatic rings. The minimum Gasteiger partial charge on any atom is -0.294 e. The quantitative estimate of drug-likeness (QED) is 0.754. The first-order chi connectivity index (χ1) is 11.9. The van der Waals surface area contributed by atoms with Crippen molar-refractivity contribution in [2.45, 2.75) is 39.7 Å². The summed E-state index contributed by atoms with van der Waals surface area (Å²) in [5.41, 5.74) is 2.34. The molecule has 2 heterocycles. The van der Waals surface area contributed by atoms with Crippen molar-refractivity contribution in [3.63, 3.8) is 0 Å². The Morgan fingerprint density at radius 3 is 2.64 bits per heavy atom. The Balaban J connectivity index is 2.15. The van der Waals surface area contributed by atoms with E-state index in [1.165, 1.54) is 11.8 Å². The van der Waals surface area contributed by atoms with E-state index in [0.29, 0.717) is 34.4 Å². The third-order valence-corrected chi connectivity index (χ3v) is 5.48. The van der Waals surface area contributed by atoms with E-state index in [4.69, 9.17) is 11.6 Å². The number of hydrogen-bond donors (Lipinski definition) is 0. The highest BCUT2D eigenvalue weighted by Crippen LogP contribution is 2.42. The molecule has 1 saturated heterocycles. The number of amidine groups is 1. The molecule has 0 N–H and O–H groups in total. The molecule has 0 aliphatic carbocycles. The fraction of sp³-hybridized carbons (Fsp3) is 0.421. The van der Waals surface area contributed by atoms with Crippen molar-refractivity contribution in [3.8, 4) is 0 Å². The van der Waals surface area contributed by atoms with Gasteiger partial charge in [-0.15, -0.1) is 0 Å². The number of amides is 1. The molecule has 1 atom stereocenters. The van der Waals surface area contributed by atoms with Gasteiger partial charge in [-0.2, -0.15) is 0 Å². The number of Topliss-reactive ketones (excluding diaryl/α,β-unsaturated/α-hetero) is 1. The van der Waals surface area contributed by atoms with Crippen molar-refractivity contribution in [3.05, 3.63) is 46.1 Å². The lowest BCUT2D eigenvalue weighted by Gasteiger charge is -2.34. The number of fused-ring (bicyclic) bond motifs is 1. The van der Waals surface area contributed by atoms with E-state index in [-0.39, 0.29) is 17.6 Å². The minimum absolute atomic E-state index is 0.00583. The van der Waals surface area contributed by atoms with E-state index >= 15 is 0 Å². The lowest BCUT2D eigenvalue weighted by atomic mass is 9.88. The molecule has 0 bridgehead atoms. The van der Waals surface area contributed by atoms with Crippen molar-refractivity contribution in [2.75, 3.05) is 5.75 Å². The van der Waals surface area contributed by atoms with Crippen LogP contribution in [0.15, 0.2) is 40.5 Å². The Morgan fingerprint density at radius 1 is 1.36 bits per heavy atom. The number of benzene rings is 1. The van der Waals surface area contributed by atoms with Crippen LogP contribution in [0.3, 0.4) is 0 Å². The lowest BCUT2D eigenvalue weighted by Crippen LogP contribution is -2.39. The zero-order valence-electron chi connectivity index (χ0n) is 14.6. The molecular weight excluding hydrogens is 356 g/mol. The molecule has 1 aromatic carbocycles. The van der Waals surface area contributed by atoms with E-state index in [0.717, 1.165) is 11.3 Å². The smallest absolute Gasteiger partial charge is 0.239 e. The summed E-state index contributed by atoms with van der Waals surface area (Å²) >= 11 is 7.46. The molecule has 4 nitrogen and oxygen atoms in total. The number of ketones is 1. The molecule has 1 amide bonds. The van der Waals surface area contributed by atoms with Crippen LogP contribution in [-0.2, 0) is 9.59 Å². The molecule has 132 valence electrons. The molecule has 0 radical (unpaired) electrons. The topological polar surface area (TPSA) is 49.7 Å². The number of carbonyl (C=O) groups excluding carboxylic acids is 2. The molecule has 6 heteroatoms. The van der Waals surface area contributed by atoms with Gasteiger partial charge in [0.1, 0.15) is 0 Å². The van der Waals surface area contributed by atoms with Crippen molar-refractivity contribution in [1.29, 1.82) is 0 Å². The van der Waals surface area contributed by atoms with Gasteiger partial charge in [-0.1, -0.05) is 56.3 Å². The maximum Gasteiger partial charge on any atom is 0.239 e. The molecular formula is C19H21ClN2O2S.